The van der Waals surface area contributed by atoms with Crippen LogP contribution >= 0.6 is 0 Å². The molecule has 2 atom stereocenters. The molecule has 0 bridgehead atoms. The van der Waals surface area contributed by atoms with Crippen molar-refractivity contribution in [2.24, 2.45) is 5.92 Å². The summed E-state index contributed by atoms with van der Waals surface area (Å²) in [7, 11) is 1.66. The highest BCUT2D eigenvalue weighted by Crippen LogP contribution is 2.16. The predicted octanol–water partition coefficient (Wildman–Crippen LogP) is -0.305. The van der Waals surface area contributed by atoms with Gasteiger partial charge in [-0.3, -0.25) is 4.79 Å². The number of carbonyl (C=O) groups is 1. The lowest BCUT2D eigenvalue weighted by molar-refractivity contribution is -0.140. The van der Waals surface area contributed by atoms with E-state index in [1.165, 1.54) is 0 Å². The normalized spacial score (nSPS) is 26.8. The van der Waals surface area contributed by atoms with Crippen LogP contribution in [0, 0.1) is 5.92 Å². The molecule has 0 aromatic carbocycles. The Labute approximate surface area is 65.5 Å². The van der Waals surface area contributed by atoms with Crippen LogP contribution in [0.4, 0.5) is 0 Å². The summed E-state index contributed by atoms with van der Waals surface area (Å²) in [6.07, 6.45) is 0.845. The maximum atomic E-state index is 10.6. The summed E-state index contributed by atoms with van der Waals surface area (Å²) in [5, 5.41) is 11.5. The molecule has 11 heavy (non-hydrogen) atoms. The van der Waals surface area contributed by atoms with Gasteiger partial charge in [-0.15, -0.1) is 0 Å². The van der Waals surface area contributed by atoms with Gasteiger partial charge in [-0.25, -0.2) is 0 Å². The molecular formula is C7H13NO3. The molecule has 0 radical (unpaired) electrons. The van der Waals surface area contributed by atoms with E-state index in [0.717, 1.165) is 6.42 Å². The number of ether oxygens (including phenoxy) is 1. The quantitative estimate of drug-likeness (QED) is 0.593. The van der Waals surface area contributed by atoms with Gasteiger partial charge >= 0.3 is 5.97 Å². The van der Waals surface area contributed by atoms with E-state index in [4.69, 9.17) is 9.84 Å². The minimum Gasteiger partial charge on any atom is -0.480 e. The van der Waals surface area contributed by atoms with E-state index in [9.17, 15) is 4.79 Å². The summed E-state index contributed by atoms with van der Waals surface area (Å²) in [6.45, 7) is 1.26. The lowest BCUT2D eigenvalue weighted by Gasteiger charge is -2.16. The zero-order chi connectivity index (χ0) is 8.27. The van der Waals surface area contributed by atoms with E-state index in [0.29, 0.717) is 13.2 Å². The molecule has 64 valence electrons. The van der Waals surface area contributed by atoms with Crippen molar-refractivity contribution in [1.82, 2.24) is 5.32 Å². The molecule has 2 N–H and O–H groups in total. The first kappa shape index (κ1) is 8.49. The van der Waals surface area contributed by atoms with Gasteiger partial charge in [0.15, 0.2) is 0 Å². The SMILES string of the molecule is CNC(C(=O)O)C1CCOC1. The monoisotopic (exact) mass is 159 g/mol. The van der Waals surface area contributed by atoms with Crippen LogP contribution in [0.15, 0.2) is 0 Å². The van der Waals surface area contributed by atoms with Crippen molar-refractivity contribution < 1.29 is 14.6 Å². The Morgan fingerprint density at radius 2 is 2.55 bits per heavy atom. The average molecular weight is 159 g/mol. The third-order valence-electron chi connectivity index (χ3n) is 2.01. The van der Waals surface area contributed by atoms with Gasteiger partial charge in [0.2, 0.25) is 0 Å². The Hall–Kier alpha value is -0.610. The number of hydrogen-bond acceptors (Lipinski definition) is 3. The van der Waals surface area contributed by atoms with Gasteiger partial charge in [-0.1, -0.05) is 0 Å². The first-order valence-electron chi connectivity index (χ1n) is 3.73. The molecule has 1 heterocycles. The highest BCUT2D eigenvalue weighted by molar-refractivity contribution is 5.73. The van der Waals surface area contributed by atoms with Crippen molar-refractivity contribution in [2.45, 2.75) is 12.5 Å². The second-order valence-electron chi connectivity index (χ2n) is 2.73. The third-order valence-corrected chi connectivity index (χ3v) is 2.01. The number of hydrogen-bond donors (Lipinski definition) is 2. The van der Waals surface area contributed by atoms with Crippen molar-refractivity contribution in [3.8, 4) is 0 Å². The van der Waals surface area contributed by atoms with E-state index in [1.807, 2.05) is 0 Å². The predicted molar refractivity (Wildman–Crippen MR) is 39.4 cm³/mol. The molecular weight excluding hydrogens is 146 g/mol. The molecule has 2 unspecified atom stereocenters. The second-order valence-corrected chi connectivity index (χ2v) is 2.73. The van der Waals surface area contributed by atoms with E-state index in [2.05, 4.69) is 5.32 Å². The van der Waals surface area contributed by atoms with Crippen molar-refractivity contribution in [3.63, 3.8) is 0 Å². The fourth-order valence-corrected chi connectivity index (χ4v) is 1.38. The van der Waals surface area contributed by atoms with Gasteiger partial charge in [-0.05, 0) is 13.5 Å². The van der Waals surface area contributed by atoms with Crippen LogP contribution in [0.5, 0.6) is 0 Å². The lowest BCUT2D eigenvalue weighted by atomic mass is 10.00. The molecule has 0 aliphatic carbocycles. The number of likely N-dealkylation sites (N-methyl/N-ethyl adjacent to an activating group) is 1. The Morgan fingerprint density at radius 1 is 1.82 bits per heavy atom. The molecule has 1 aliphatic heterocycles. The topological polar surface area (TPSA) is 58.6 Å². The molecule has 1 saturated heterocycles. The Morgan fingerprint density at radius 3 is 2.91 bits per heavy atom. The number of aliphatic carboxylic acids is 1. The Bertz CT molecular complexity index is 143. The van der Waals surface area contributed by atoms with Gasteiger partial charge in [0.05, 0.1) is 6.61 Å². The fraction of sp³-hybridized carbons (Fsp3) is 0.857. The molecule has 4 heteroatoms. The van der Waals surface area contributed by atoms with Crippen LogP contribution in [0.2, 0.25) is 0 Å². The van der Waals surface area contributed by atoms with Crippen LogP contribution in [-0.2, 0) is 9.53 Å². The first-order chi connectivity index (χ1) is 5.25. The van der Waals surface area contributed by atoms with Gasteiger partial charge in [-0.2, -0.15) is 0 Å². The van der Waals surface area contributed by atoms with Crippen molar-refractivity contribution in [3.05, 3.63) is 0 Å². The molecule has 1 rings (SSSR count). The maximum absolute atomic E-state index is 10.6. The second kappa shape index (κ2) is 3.69. The smallest absolute Gasteiger partial charge is 0.321 e. The summed E-state index contributed by atoms with van der Waals surface area (Å²) in [6, 6.07) is -0.447. The summed E-state index contributed by atoms with van der Waals surface area (Å²) in [5.74, 6) is -0.652. The van der Waals surface area contributed by atoms with Crippen LogP contribution in [-0.4, -0.2) is 37.4 Å². The standard InChI is InChI=1S/C7H13NO3/c1-8-6(7(9)10)5-2-3-11-4-5/h5-6,8H,2-4H2,1H3,(H,9,10). The number of carboxylic acids is 1. The van der Waals surface area contributed by atoms with E-state index < -0.39 is 12.0 Å². The van der Waals surface area contributed by atoms with Crippen molar-refractivity contribution in [1.29, 1.82) is 0 Å². The molecule has 0 aromatic heterocycles. The molecule has 0 aromatic rings. The van der Waals surface area contributed by atoms with Gasteiger partial charge in [0.25, 0.3) is 0 Å². The average Bonchev–Trinajstić information content (AvgIpc) is 2.40. The van der Waals surface area contributed by atoms with Crippen molar-refractivity contribution in [2.75, 3.05) is 20.3 Å². The van der Waals surface area contributed by atoms with E-state index in [1.54, 1.807) is 7.05 Å². The summed E-state index contributed by atoms with van der Waals surface area (Å²) in [5.41, 5.74) is 0. The molecule has 4 nitrogen and oxygen atoms in total. The molecule has 1 aliphatic rings. The molecule has 1 fully saturated rings. The number of carboxylic acid groups (broad SMARTS) is 1. The summed E-state index contributed by atoms with van der Waals surface area (Å²) >= 11 is 0. The van der Waals surface area contributed by atoms with E-state index >= 15 is 0 Å². The largest absolute Gasteiger partial charge is 0.480 e. The molecule has 0 saturated carbocycles. The van der Waals surface area contributed by atoms with Crippen LogP contribution < -0.4 is 5.32 Å². The Balaban J connectivity index is 2.46. The zero-order valence-corrected chi connectivity index (χ0v) is 6.54. The maximum Gasteiger partial charge on any atom is 0.321 e. The molecule has 0 spiro atoms. The Kier molecular flexibility index (Phi) is 2.84. The van der Waals surface area contributed by atoms with Gasteiger partial charge < -0.3 is 15.2 Å². The van der Waals surface area contributed by atoms with Gasteiger partial charge in [0.1, 0.15) is 6.04 Å². The zero-order valence-electron chi connectivity index (χ0n) is 6.54. The minimum atomic E-state index is -0.789. The summed E-state index contributed by atoms with van der Waals surface area (Å²) in [4.78, 5) is 10.6. The van der Waals surface area contributed by atoms with E-state index in [-0.39, 0.29) is 5.92 Å². The number of nitrogens with one attached hydrogen (secondary N) is 1. The highest BCUT2D eigenvalue weighted by atomic mass is 16.5. The lowest BCUT2D eigenvalue weighted by Crippen LogP contribution is -2.40. The highest BCUT2D eigenvalue weighted by Gasteiger charge is 2.29. The van der Waals surface area contributed by atoms with Crippen LogP contribution in [0.3, 0.4) is 0 Å². The fourth-order valence-electron chi connectivity index (χ4n) is 1.38. The first-order valence-corrected chi connectivity index (χ1v) is 3.73. The van der Waals surface area contributed by atoms with Crippen LogP contribution in [0.1, 0.15) is 6.42 Å². The van der Waals surface area contributed by atoms with Crippen LogP contribution in [0.25, 0.3) is 0 Å². The van der Waals surface area contributed by atoms with Crippen molar-refractivity contribution >= 4 is 5.97 Å². The minimum absolute atomic E-state index is 0.137. The third kappa shape index (κ3) is 1.91. The van der Waals surface area contributed by atoms with Gasteiger partial charge in [0, 0.05) is 12.5 Å². The summed E-state index contributed by atoms with van der Waals surface area (Å²) < 4.78 is 5.09. The molecule has 0 amide bonds. The number of rotatable bonds is 3.